The Balaban J connectivity index is 1.54. The second-order valence-corrected chi connectivity index (χ2v) is 6.17. The van der Waals surface area contributed by atoms with Gasteiger partial charge in [-0.25, -0.2) is 0 Å². The monoisotopic (exact) mass is 294 g/mol. The lowest BCUT2D eigenvalue weighted by molar-refractivity contribution is 0.0503. The molecule has 1 aromatic rings. The predicted octanol–water partition coefficient (Wildman–Crippen LogP) is 1.37. The molecule has 3 rings (SSSR count). The zero-order valence-corrected chi connectivity index (χ0v) is 13.1. The summed E-state index contributed by atoms with van der Waals surface area (Å²) < 4.78 is 16.9. The number of ether oxygens (including phenoxy) is 2. The van der Waals surface area contributed by atoms with Crippen LogP contribution < -0.4 is 0 Å². The number of hydrogen-bond donors (Lipinski definition) is 0. The fraction of sp³-hybridized carbons (Fsp3) is 0.750. The number of furan rings is 1. The number of fused-ring (bicyclic) bond motifs is 1. The summed E-state index contributed by atoms with van der Waals surface area (Å²) in [5, 5.41) is 0. The van der Waals surface area contributed by atoms with Gasteiger partial charge in [0.2, 0.25) is 0 Å². The van der Waals surface area contributed by atoms with Crippen molar-refractivity contribution in [1.82, 2.24) is 9.80 Å². The van der Waals surface area contributed by atoms with Gasteiger partial charge >= 0.3 is 0 Å². The molecule has 2 atom stereocenters. The highest BCUT2D eigenvalue weighted by molar-refractivity contribution is 5.06. The first-order valence-corrected chi connectivity index (χ1v) is 7.85. The van der Waals surface area contributed by atoms with Crippen LogP contribution in [0.2, 0.25) is 0 Å². The van der Waals surface area contributed by atoms with Gasteiger partial charge in [0.15, 0.2) is 0 Å². The molecule has 0 radical (unpaired) electrons. The van der Waals surface area contributed by atoms with Gasteiger partial charge in [0, 0.05) is 45.8 Å². The van der Waals surface area contributed by atoms with E-state index in [9.17, 15) is 0 Å². The molecular formula is C16H26N2O3. The quantitative estimate of drug-likeness (QED) is 0.820. The van der Waals surface area contributed by atoms with Crippen molar-refractivity contribution in [3.63, 3.8) is 0 Å². The van der Waals surface area contributed by atoms with Crippen molar-refractivity contribution in [2.24, 2.45) is 5.92 Å². The second-order valence-electron chi connectivity index (χ2n) is 6.17. The van der Waals surface area contributed by atoms with Crippen molar-refractivity contribution in [1.29, 1.82) is 0 Å². The lowest BCUT2D eigenvalue weighted by Gasteiger charge is -2.22. The molecular weight excluding hydrogens is 268 g/mol. The second kappa shape index (κ2) is 6.92. The van der Waals surface area contributed by atoms with Crippen molar-refractivity contribution in [3.8, 4) is 0 Å². The molecule has 5 nitrogen and oxygen atoms in total. The highest BCUT2D eigenvalue weighted by Crippen LogP contribution is 2.25. The summed E-state index contributed by atoms with van der Waals surface area (Å²) in [6.07, 6.45) is 0.369. The Labute approximate surface area is 126 Å². The standard InChI is InChI=1S/C16H26N2O3/c1-13-3-4-15(21-13)11-18-10-14-9-17(5-7-19-2)6-8-20-16(14)12-18/h3-4,14,16H,5-12H2,1-2H3/t14-,16+/m0/s1. The van der Waals surface area contributed by atoms with Crippen LogP contribution in [-0.4, -0.2) is 69.0 Å². The zero-order valence-electron chi connectivity index (χ0n) is 13.1. The van der Waals surface area contributed by atoms with Crippen LogP contribution in [0.3, 0.4) is 0 Å². The Kier molecular flexibility index (Phi) is 4.95. The molecule has 0 N–H and O–H groups in total. The largest absolute Gasteiger partial charge is 0.465 e. The maximum Gasteiger partial charge on any atom is 0.118 e. The Bertz CT molecular complexity index is 446. The van der Waals surface area contributed by atoms with E-state index in [2.05, 4.69) is 15.9 Å². The van der Waals surface area contributed by atoms with E-state index in [-0.39, 0.29) is 0 Å². The maximum absolute atomic E-state index is 6.06. The number of nitrogens with zero attached hydrogens (tertiary/aromatic N) is 2. The Morgan fingerprint density at radius 2 is 2.10 bits per heavy atom. The van der Waals surface area contributed by atoms with Gasteiger partial charge in [0.05, 0.1) is 25.9 Å². The van der Waals surface area contributed by atoms with E-state index in [1.807, 2.05) is 13.0 Å². The van der Waals surface area contributed by atoms with Crippen molar-refractivity contribution in [2.45, 2.75) is 19.6 Å². The van der Waals surface area contributed by atoms with Gasteiger partial charge in [-0.3, -0.25) is 9.80 Å². The number of methoxy groups -OCH3 is 1. The Morgan fingerprint density at radius 1 is 1.24 bits per heavy atom. The fourth-order valence-corrected chi connectivity index (χ4v) is 3.39. The minimum atomic E-state index is 0.369. The molecule has 0 spiro atoms. The molecule has 3 heterocycles. The third-order valence-corrected chi connectivity index (χ3v) is 4.48. The molecule has 0 aromatic carbocycles. The molecule has 0 aliphatic carbocycles. The summed E-state index contributed by atoms with van der Waals surface area (Å²) in [4.78, 5) is 4.92. The highest BCUT2D eigenvalue weighted by Gasteiger charge is 2.36. The van der Waals surface area contributed by atoms with E-state index in [1.54, 1.807) is 7.11 Å². The van der Waals surface area contributed by atoms with Gasteiger partial charge in [-0.2, -0.15) is 0 Å². The number of aryl methyl sites for hydroxylation is 1. The molecule has 21 heavy (non-hydrogen) atoms. The summed E-state index contributed by atoms with van der Waals surface area (Å²) in [7, 11) is 1.76. The number of likely N-dealkylation sites (tertiary alicyclic amines) is 1. The van der Waals surface area contributed by atoms with Crippen LogP contribution in [0.15, 0.2) is 16.5 Å². The minimum absolute atomic E-state index is 0.369. The van der Waals surface area contributed by atoms with Crippen LogP contribution in [0.5, 0.6) is 0 Å². The summed E-state index contributed by atoms with van der Waals surface area (Å²) in [5.41, 5.74) is 0. The highest BCUT2D eigenvalue weighted by atomic mass is 16.5. The molecule has 0 unspecified atom stereocenters. The predicted molar refractivity (Wildman–Crippen MR) is 80.3 cm³/mol. The van der Waals surface area contributed by atoms with Crippen LogP contribution in [0, 0.1) is 12.8 Å². The third-order valence-electron chi connectivity index (χ3n) is 4.48. The van der Waals surface area contributed by atoms with Gasteiger partial charge in [-0.15, -0.1) is 0 Å². The smallest absolute Gasteiger partial charge is 0.118 e. The molecule has 0 amide bonds. The topological polar surface area (TPSA) is 38.1 Å². The average molecular weight is 294 g/mol. The van der Waals surface area contributed by atoms with E-state index < -0.39 is 0 Å². The van der Waals surface area contributed by atoms with Gasteiger partial charge in [-0.05, 0) is 19.1 Å². The number of rotatable bonds is 5. The molecule has 2 saturated heterocycles. The molecule has 1 aromatic heterocycles. The normalized spacial score (nSPS) is 27.7. The lowest BCUT2D eigenvalue weighted by Crippen LogP contribution is -2.34. The van der Waals surface area contributed by atoms with Gasteiger partial charge in [0.25, 0.3) is 0 Å². The third kappa shape index (κ3) is 3.86. The van der Waals surface area contributed by atoms with Crippen LogP contribution in [0.1, 0.15) is 11.5 Å². The first-order valence-electron chi connectivity index (χ1n) is 7.85. The summed E-state index contributed by atoms with van der Waals surface area (Å²) in [6.45, 7) is 9.76. The molecule has 0 saturated carbocycles. The molecule has 2 aliphatic heterocycles. The van der Waals surface area contributed by atoms with Crippen LogP contribution in [0.4, 0.5) is 0 Å². The Morgan fingerprint density at radius 3 is 2.86 bits per heavy atom. The summed E-state index contributed by atoms with van der Waals surface area (Å²) >= 11 is 0. The van der Waals surface area contributed by atoms with Crippen LogP contribution in [-0.2, 0) is 16.0 Å². The van der Waals surface area contributed by atoms with Gasteiger partial charge in [0.1, 0.15) is 11.5 Å². The molecule has 2 aliphatic rings. The van der Waals surface area contributed by atoms with Crippen molar-refractivity contribution in [2.75, 3.05) is 53.0 Å². The first-order chi connectivity index (χ1) is 10.2. The summed E-state index contributed by atoms with van der Waals surface area (Å²) in [6, 6.07) is 4.11. The summed E-state index contributed by atoms with van der Waals surface area (Å²) in [5.74, 6) is 2.64. The van der Waals surface area contributed by atoms with Gasteiger partial charge < -0.3 is 13.9 Å². The van der Waals surface area contributed by atoms with Crippen molar-refractivity contribution < 1.29 is 13.9 Å². The SMILES string of the molecule is COCCN1CCO[C@@H]2CN(Cc3ccc(C)o3)C[C@@H]2C1. The van der Waals surface area contributed by atoms with E-state index in [4.69, 9.17) is 13.9 Å². The zero-order chi connectivity index (χ0) is 14.7. The molecule has 0 bridgehead atoms. The van der Waals surface area contributed by atoms with Crippen LogP contribution in [0.25, 0.3) is 0 Å². The molecule has 118 valence electrons. The van der Waals surface area contributed by atoms with E-state index in [1.165, 1.54) is 0 Å². The van der Waals surface area contributed by atoms with E-state index in [0.29, 0.717) is 12.0 Å². The minimum Gasteiger partial charge on any atom is -0.465 e. The molecule has 5 heteroatoms. The van der Waals surface area contributed by atoms with Crippen molar-refractivity contribution >= 4 is 0 Å². The maximum atomic E-state index is 6.06. The van der Waals surface area contributed by atoms with E-state index >= 15 is 0 Å². The Hall–Kier alpha value is -0.880. The molecule has 2 fully saturated rings. The van der Waals surface area contributed by atoms with Gasteiger partial charge in [-0.1, -0.05) is 0 Å². The van der Waals surface area contributed by atoms with Crippen LogP contribution >= 0.6 is 0 Å². The number of hydrogen-bond acceptors (Lipinski definition) is 5. The fourth-order valence-electron chi connectivity index (χ4n) is 3.39. The average Bonchev–Trinajstić information content (AvgIpc) is 2.98. The van der Waals surface area contributed by atoms with Crippen molar-refractivity contribution in [3.05, 3.63) is 23.7 Å². The first kappa shape index (κ1) is 15.0. The van der Waals surface area contributed by atoms with E-state index in [0.717, 1.165) is 64.0 Å². The lowest BCUT2D eigenvalue weighted by atomic mass is 10.1.